The number of halogens is 3. The third-order valence-electron chi connectivity index (χ3n) is 6.03. The summed E-state index contributed by atoms with van der Waals surface area (Å²) in [6.07, 6.45) is -1.01. The van der Waals surface area contributed by atoms with Crippen molar-refractivity contribution < 1.29 is 23.0 Å². The second kappa shape index (κ2) is 8.28. The number of anilines is 1. The Labute approximate surface area is 211 Å². The van der Waals surface area contributed by atoms with Gasteiger partial charge in [0, 0.05) is 23.4 Å². The predicted molar refractivity (Wildman–Crippen MR) is 126 cm³/mol. The molecule has 3 heterocycles. The van der Waals surface area contributed by atoms with Gasteiger partial charge in [0.25, 0.3) is 5.56 Å². The van der Waals surface area contributed by atoms with Gasteiger partial charge in [-0.15, -0.1) is 8.78 Å². The van der Waals surface area contributed by atoms with Crippen molar-refractivity contribution in [3.8, 4) is 28.8 Å². The molecule has 2 aromatic carbocycles. The molecule has 0 bridgehead atoms. The minimum Gasteiger partial charge on any atom is -0.395 e. The Morgan fingerprint density at radius 1 is 1.24 bits per heavy atom. The molecule has 0 unspecified atom stereocenters. The highest BCUT2D eigenvalue weighted by molar-refractivity contribution is 6.32. The number of nitrogens with zero attached hydrogens (tertiary/aromatic N) is 5. The standard InChI is InChI=1S/C24H15ClF2N6O4/c25-16-7-12(1-2-13(16)9-28)20-21-22(30-11-29-21)23(35)32(31-20)10-19(34)33(14-3-4-14)15-5-6-17-18(8-15)37-24(26,27)36-17/h1-2,5-8,11,14H,3-4,10H2,(H,29,30). The number of carbonyl (C=O) groups is 1. The van der Waals surface area contributed by atoms with Gasteiger partial charge in [-0.1, -0.05) is 17.7 Å². The van der Waals surface area contributed by atoms with Gasteiger partial charge in [0.05, 0.1) is 22.4 Å². The molecule has 0 spiro atoms. The molecule has 2 aliphatic rings. The number of hydrogen-bond acceptors (Lipinski definition) is 7. The van der Waals surface area contributed by atoms with E-state index in [0.29, 0.717) is 35.3 Å². The smallest absolute Gasteiger partial charge is 0.395 e. The molecule has 37 heavy (non-hydrogen) atoms. The number of benzene rings is 2. The summed E-state index contributed by atoms with van der Waals surface area (Å²) in [5.74, 6) is -0.792. The summed E-state index contributed by atoms with van der Waals surface area (Å²) in [6, 6.07) is 10.6. The van der Waals surface area contributed by atoms with Gasteiger partial charge in [-0.3, -0.25) is 9.59 Å². The molecule has 1 saturated carbocycles. The Kier molecular flexibility index (Phi) is 5.13. The second-order valence-electron chi connectivity index (χ2n) is 8.54. The third-order valence-corrected chi connectivity index (χ3v) is 6.34. The van der Waals surface area contributed by atoms with Crippen molar-refractivity contribution in [2.24, 2.45) is 0 Å². The number of amides is 1. The number of aromatic nitrogens is 4. The largest absolute Gasteiger partial charge is 0.586 e. The zero-order valence-electron chi connectivity index (χ0n) is 18.7. The van der Waals surface area contributed by atoms with Crippen LogP contribution in [0.5, 0.6) is 11.5 Å². The lowest BCUT2D eigenvalue weighted by Gasteiger charge is -2.23. The number of H-pyrrole nitrogens is 1. The fraction of sp³-hybridized carbons (Fsp3) is 0.208. The van der Waals surface area contributed by atoms with Crippen LogP contribution < -0.4 is 19.9 Å². The van der Waals surface area contributed by atoms with Gasteiger partial charge in [-0.05, 0) is 37.1 Å². The van der Waals surface area contributed by atoms with Gasteiger partial charge < -0.3 is 19.4 Å². The van der Waals surface area contributed by atoms with Gasteiger partial charge in [0.15, 0.2) is 17.0 Å². The fourth-order valence-electron chi connectivity index (χ4n) is 4.22. The first-order valence-electron chi connectivity index (χ1n) is 11.1. The van der Waals surface area contributed by atoms with Gasteiger partial charge in [0.2, 0.25) is 5.91 Å². The number of fused-ring (bicyclic) bond motifs is 2. The SMILES string of the molecule is N#Cc1ccc(-c2nn(CC(=O)N(c3ccc4c(c3)OC(F)(F)O4)C3CC3)c(=O)c3nc[nH]c23)cc1Cl. The van der Waals surface area contributed by atoms with Crippen molar-refractivity contribution in [3.05, 3.63) is 63.7 Å². The molecule has 1 fully saturated rings. The first-order valence-corrected chi connectivity index (χ1v) is 11.5. The molecule has 10 nitrogen and oxygen atoms in total. The van der Waals surface area contributed by atoms with E-state index in [4.69, 9.17) is 16.9 Å². The molecule has 4 aromatic rings. The molecule has 13 heteroatoms. The highest BCUT2D eigenvalue weighted by atomic mass is 35.5. The normalized spacial score (nSPS) is 15.5. The average molecular weight is 525 g/mol. The zero-order chi connectivity index (χ0) is 25.9. The summed E-state index contributed by atoms with van der Waals surface area (Å²) in [5, 5.41) is 13.8. The number of nitriles is 1. The fourth-order valence-corrected chi connectivity index (χ4v) is 4.44. The summed E-state index contributed by atoms with van der Waals surface area (Å²) in [4.78, 5) is 35.0. The summed E-state index contributed by atoms with van der Waals surface area (Å²) in [6.45, 7) is -0.431. The predicted octanol–water partition coefficient (Wildman–Crippen LogP) is 3.83. The molecule has 0 saturated heterocycles. The highest BCUT2D eigenvalue weighted by Crippen LogP contribution is 2.44. The van der Waals surface area contributed by atoms with E-state index >= 15 is 0 Å². The molecule has 1 N–H and O–H groups in total. The van der Waals surface area contributed by atoms with E-state index in [2.05, 4.69) is 24.5 Å². The molecular formula is C24H15ClF2N6O4. The Balaban J connectivity index is 1.37. The van der Waals surface area contributed by atoms with Crippen LogP contribution in [-0.2, 0) is 11.3 Å². The van der Waals surface area contributed by atoms with Crippen LogP contribution in [0.25, 0.3) is 22.3 Å². The van der Waals surface area contributed by atoms with E-state index in [-0.39, 0.29) is 33.6 Å². The van der Waals surface area contributed by atoms with E-state index in [1.165, 1.54) is 41.6 Å². The van der Waals surface area contributed by atoms with Crippen LogP contribution in [0.1, 0.15) is 18.4 Å². The third kappa shape index (κ3) is 4.03. The summed E-state index contributed by atoms with van der Waals surface area (Å²) >= 11 is 6.20. The summed E-state index contributed by atoms with van der Waals surface area (Å²) in [7, 11) is 0. The topological polar surface area (TPSA) is 126 Å². The van der Waals surface area contributed by atoms with E-state index < -0.39 is 24.3 Å². The van der Waals surface area contributed by atoms with Gasteiger partial charge in [-0.2, -0.15) is 10.4 Å². The molecular weight excluding hydrogens is 510 g/mol. The van der Waals surface area contributed by atoms with E-state index in [1.54, 1.807) is 6.07 Å². The summed E-state index contributed by atoms with van der Waals surface area (Å²) in [5.41, 5.74) is 1.27. The van der Waals surface area contributed by atoms with E-state index in [9.17, 15) is 18.4 Å². The molecule has 186 valence electrons. The van der Waals surface area contributed by atoms with Crippen molar-refractivity contribution in [2.45, 2.75) is 31.7 Å². The van der Waals surface area contributed by atoms with Crippen molar-refractivity contribution in [3.63, 3.8) is 0 Å². The van der Waals surface area contributed by atoms with Crippen molar-refractivity contribution >= 4 is 34.2 Å². The minimum absolute atomic E-state index is 0.0709. The van der Waals surface area contributed by atoms with Gasteiger partial charge in [-0.25, -0.2) is 9.67 Å². The number of nitrogens with one attached hydrogen (secondary N) is 1. The maximum absolute atomic E-state index is 13.5. The average Bonchev–Trinajstić information content (AvgIpc) is 3.45. The molecule has 1 amide bonds. The lowest BCUT2D eigenvalue weighted by Crippen LogP contribution is -2.39. The second-order valence-corrected chi connectivity index (χ2v) is 8.94. The van der Waals surface area contributed by atoms with Crippen LogP contribution in [0, 0.1) is 11.3 Å². The number of carbonyl (C=O) groups excluding carboxylic acids is 1. The zero-order valence-corrected chi connectivity index (χ0v) is 19.5. The number of ether oxygens (including phenoxy) is 2. The number of alkyl halides is 2. The van der Waals surface area contributed by atoms with Crippen molar-refractivity contribution in [2.75, 3.05) is 4.90 Å². The van der Waals surface area contributed by atoms with Crippen LogP contribution in [0.2, 0.25) is 5.02 Å². The molecule has 1 aliphatic heterocycles. The van der Waals surface area contributed by atoms with Crippen LogP contribution in [0.4, 0.5) is 14.5 Å². The van der Waals surface area contributed by atoms with Crippen molar-refractivity contribution in [1.82, 2.24) is 19.7 Å². The Hall–Kier alpha value is -4.50. The highest BCUT2D eigenvalue weighted by Gasteiger charge is 2.44. The first-order chi connectivity index (χ1) is 17.7. The number of aromatic amines is 1. The maximum atomic E-state index is 13.5. The van der Waals surface area contributed by atoms with Crippen LogP contribution in [0.15, 0.2) is 47.5 Å². The van der Waals surface area contributed by atoms with E-state index in [0.717, 1.165) is 4.68 Å². The minimum atomic E-state index is -3.78. The molecule has 0 atom stereocenters. The Morgan fingerprint density at radius 2 is 2.03 bits per heavy atom. The van der Waals surface area contributed by atoms with E-state index in [1.807, 2.05) is 6.07 Å². The first kappa shape index (κ1) is 22.9. The Bertz CT molecular complexity index is 1690. The summed E-state index contributed by atoms with van der Waals surface area (Å²) < 4.78 is 36.9. The van der Waals surface area contributed by atoms with Gasteiger partial charge >= 0.3 is 6.29 Å². The van der Waals surface area contributed by atoms with Crippen LogP contribution in [0.3, 0.4) is 0 Å². The quantitative estimate of drug-likeness (QED) is 0.420. The molecule has 1 aliphatic carbocycles. The van der Waals surface area contributed by atoms with Gasteiger partial charge in [0.1, 0.15) is 18.3 Å². The number of imidazole rings is 1. The maximum Gasteiger partial charge on any atom is 0.586 e. The lowest BCUT2D eigenvalue weighted by molar-refractivity contribution is -0.286. The molecule has 2 aromatic heterocycles. The van der Waals surface area contributed by atoms with Crippen LogP contribution in [-0.4, -0.2) is 38.0 Å². The monoisotopic (exact) mass is 524 g/mol. The number of hydrogen-bond donors (Lipinski definition) is 1. The molecule has 0 radical (unpaired) electrons. The number of rotatable bonds is 5. The van der Waals surface area contributed by atoms with Crippen molar-refractivity contribution in [1.29, 1.82) is 5.26 Å². The van der Waals surface area contributed by atoms with Crippen LogP contribution >= 0.6 is 11.6 Å². The lowest BCUT2D eigenvalue weighted by atomic mass is 10.1. The Morgan fingerprint density at radius 3 is 2.76 bits per heavy atom. The molecule has 6 rings (SSSR count).